The van der Waals surface area contributed by atoms with E-state index in [9.17, 15) is 0 Å². The van der Waals surface area contributed by atoms with Gasteiger partial charge >= 0.3 is 0 Å². The molecule has 0 aliphatic heterocycles. The molecule has 0 aliphatic rings. The standard InChI is InChI=1S/C14H18ClN5/c1-4-20(5-2)13-9-16-19-14(18-13)17-12-8-11(15)7-6-10(12)3/h6-9H,4-5H2,1-3H3,(H,17,18,19). The predicted molar refractivity (Wildman–Crippen MR) is 82.9 cm³/mol. The Morgan fingerprint density at radius 2 is 2.00 bits per heavy atom. The Bertz CT molecular complexity index is 584. The van der Waals surface area contributed by atoms with Gasteiger partial charge in [-0.15, -0.1) is 5.10 Å². The summed E-state index contributed by atoms with van der Waals surface area (Å²) >= 11 is 6.00. The number of hydrogen-bond donors (Lipinski definition) is 1. The number of hydrogen-bond acceptors (Lipinski definition) is 5. The van der Waals surface area contributed by atoms with Crippen molar-refractivity contribution in [2.75, 3.05) is 23.3 Å². The molecule has 0 spiro atoms. The lowest BCUT2D eigenvalue weighted by atomic mass is 10.2. The van der Waals surface area contributed by atoms with E-state index in [1.165, 1.54) is 0 Å². The summed E-state index contributed by atoms with van der Waals surface area (Å²) in [7, 11) is 0. The van der Waals surface area contributed by atoms with Crippen LogP contribution in [0.4, 0.5) is 17.5 Å². The van der Waals surface area contributed by atoms with Crippen molar-refractivity contribution in [1.82, 2.24) is 15.2 Å². The average Bonchev–Trinajstić information content (AvgIpc) is 2.45. The molecule has 0 aliphatic carbocycles. The molecule has 1 aromatic carbocycles. The van der Waals surface area contributed by atoms with Gasteiger partial charge in [0, 0.05) is 23.8 Å². The van der Waals surface area contributed by atoms with E-state index in [1.807, 2.05) is 25.1 Å². The molecule has 106 valence electrons. The Hall–Kier alpha value is -1.88. The van der Waals surface area contributed by atoms with Crippen LogP contribution in [-0.4, -0.2) is 28.3 Å². The van der Waals surface area contributed by atoms with Gasteiger partial charge in [0.15, 0.2) is 5.82 Å². The number of rotatable bonds is 5. The molecule has 0 fully saturated rings. The van der Waals surface area contributed by atoms with E-state index in [0.29, 0.717) is 11.0 Å². The smallest absolute Gasteiger partial charge is 0.249 e. The number of anilines is 3. The van der Waals surface area contributed by atoms with Crippen LogP contribution >= 0.6 is 11.6 Å². The second-order valence-electron chi connectivity index (χ2n) is 4.39. The molecule has 1 heterocycles. The van der Waals surface area contributed by atoms with E-state index in [0.717, 1.165) is 30.2 Å². The number of nitrogens with zero attached hydrogens (tertiary/aromatic N) is 4. The first kappa shape index (κ1) is 14.5. The first-order chi connectivity index (χ1) is 9.63. The van der Waals surface area contributed by atoms with E-state index in [4.69, 9.17) is 11.6 Å². The molecule has 0 unspecified atom stereocenters. The zero-order chi connectivity index (χ0) is 14.5. The van der Waals surface area contributed by atoms with Gasteiger partial charge in [-0.05, 0) is 38.5 Å². The summed E-state index contributed by atoms with van der Waals surface area (Å²) in [5.74, 6) is 1.28. The van der Waals surface area contributed by atoms with Crippen LogP contribution in [0.5, 0.6) is 0 Å². The van der Waals surface area contributed by atoms with Crippen LogP contribution in [0.25, 0.3) is 0 Å². The minimum Gasteiger partial charge on any atom is -0.356 e. The molecule has 0 bridgehead atoms. The quantitative estimate of drug-likeness (QED) is 0.915. The van der Waals surface area contributed by atoms with Gasteiger partial charge in [-0.2, -0.15) is 10.1 Å². The van der Waals surface area contributed by atoms with Crippen LogP contribution in [0.3, 0.4) is 0 Å². The Morgan fingerprint density at radius 3 is 2.70 bits per heavy atom. The maximum absolute atomic E-state index is 6.00. The number of nitrogens with one attached hydrogen (secondary N) is 1. The average molecular weight is 292 g/mol. The van der Waals surface area contributed by atoms with Crippen molar-refractivity contribution < 1.29 is 0 Å². The zero-order valence-corrected chi connectivity index (χ0v) is 12.6. The molecular formula is C14H18ClN5. The Kier molecular flexibility index (Phi) is 4.74. The van der Waals surface area contributed by atoms with Crippen molar-refractivity contribution in [3.63, 3.8) is 0 Å². The van der Waals surface area contributed by atoms with Crippen LogP contribution in [0.2, 0.25) is 5.02 Å². The monoisotopic (exact) mass is 291 g/mol. The van der Waals surface area contributed by atoms with E-state index in [-0.39, 0.29) is 0 Å². The molecule has 20 heavy (non-hydrogen) atoms. The highest BCUT2D eigenvalue weighted by Crippen LogP contribution is 2.23. The van der Waals surface area contributed by atoms with Crippen molar-refractivity contribution in [2.24, 2.45) is 0 Å². The summed E-state index contributed by atoms with van der Waals surface area (Å²) in [6.07, 6.45) is 1.67. The predicted octanol–water partition coefficient (Wildman–Crippen LogP) is 3.42. The second kappa shape index (κ2) is 6.52. The van der Waals surface area contributed by atoms with Gasteiger partial charge in [0.05, 0.1) is 6.20 Å². The number of benzene rings is 1. The lowest BCUT2D eigenvalue weighted by Gasteiger charge is -2.19. The fourth-order valence-electron chi connectivity index (χ4n) is 1.90. The van der Waals surface area contributed by atoms with Gasteiger partial charge in [0.2, 0.25) is 5.95 Å². The maximum atomic E-state index is 6.00. The summed E-state index contributed by atoms with van der Waals surface area (Å²) < 4.78 is 0. The molecule has 0 saturated heterocycles. The summed E-state index contributed by atoms with van der Waals surface area (Å²) in [6.45, 7) is 7.93. The van der Waals surface area contributed by atoms with Gasteiger partial charge in [-0.1, -0.05) is 17.7 Å². The van der Waals surface area contributed by atoms with E-state index >= 15 is 0 Å². The Morgan fingerprint density at radius 1 is 1.25 bits per heavy atom. The molecule has 5 nitrogen and oxygen atoms in total. The second-order valence-corrected chi connectivity index (χ2v) is 4.83. The highest BCUT2D eigenvalue weighted by atomic mass is 35.5. The fourth-order valence-corrected chi connectivity index (χ4v) is 2.07. The van der Waals surface area contributed by atoms with Gasteiger partial charge < -0.3 is 10.2 Å². The normalized spacial score (nSPS) is 10.4. The minimum atomic E-state index is 0.472. The highest BCUT2D eigenvalue weighted by Gasteiger charge is 2.07. The summed E-state index contributed by atoms with van der Waals surface area (Å²) in [5, 5.41) is 11.8. The van der Waals surface area contributed by atoms with E-state index < -0.39 is 0 Å². The molecular weight excluding hydrogens is 274 g/mol. The minimum absolute atomic E-state index is 0.472. The molecule has 0 amide bonds. The van der Waals surface area contributed by atoms with Gasteiger partial charge in [0.25, 0.3) is 0 Å². The molecule has 2 aromatic rings. The van der Waals surface area contributed by atoms with Gasteiger partial charge in [-0.3, -0.25) is 0 Å². The highest BCUT2D eigenvalue weighted by molar-refractivity contribution is 6.30. The lowest BCUT2D eigenvalue weighted by molar-refractivity contribution is 0.826. The van der Waals surface area contributed by atoms with E-state index in [1.54, 1.807) is 6.20 Å². The summed E-state index contributed by atoms with van der Waals surface area (Å²) in [5.41, 5.74) is 1.96. The maximum Gasteiger partial charge on any atom is 0.249 e. The molecule has 1 aromatic heterocycles. The van der Waals surface area contributed by atoms with Crippen molar-refractivity contribution in [3.05, 3.63) is 35.0 Å². The van der Waals surface area contributed by atoms with Crippen molar-refractivity contribution >= 4 is 29.1 Å². The van der Waals surface area contributed by atoms with Gasteiger partial charge in [-0.25, -0.2) is 0 Å². The number of aryl methyl sites for hydroxylation is 1. The first-order valence-corrected chi connectivity index (χ1v) is 6.99. The molecule has 2 rings (SSSR count). The lowest BCUT2D eigenvalue weighted by Crippen LogP contribution is -2.23. The Labute approximate surface area is 124 Å². The third-order valence-corrected chi connectivity index (χ3v) is 3.31. The van der Waals surface area contributed by atoms with Crippen LogP contribution in [0.15, 0.2) is 24.4 Å². The molecule has 6 heteroatoms. The van der Waals surface area contributed by atoms with Crippen molar-refractivity contribution in [2.45, 2.75) is 20.8 Å². The van der Waals surface area contributed by atoms with Crippen LogP contribution in [-0.2, 0) is 0 Å². The van der Waals surface area contributed by atoms with Crippen LogP contribution in [0, 0.1) is 6.92 Å². The Balaban J connectivity index is 2.25. The third kappa shape index (κ3) is 3.36. The number of aromatic nitrogens is 3. The largest absolute Gasteiger partial charge is 0.356 e. The number of halogens is 1. The van der Waals surface area contributed by atoms with Gasteiger partial charge in [0.1, 0.15) is 0 Å². The fraction of sp³-hybridized carbons (Fsp3) is 0.357. The summed E-state index contributed by atoms with van der Waals surface area (Å²) in [6, 6.07) is 5.66. The summed E-state index contributed by atoms with van der Waals surface area (Å²) in [4.78, 5) is 6.59. The molecule has 1 N–H and O–H groups in total. The van der Waals surface area contributed by atoms with E-state index in [2.05, 4.69) is 39.2 Å². The van der Waals surface area contributed by atoms with Crippen LogP contribution in [0.1, 0.15) is 19.4 Å². The molecule has 0 radical (unpaired) electrons. The molecule has 0 saturated carbocycles. The SMILES string of the molecule is CCN(CC)c1cnnc(Nc2cc(Cl)ccc2C)n1. The third-order valence-electron chi connectivity index (χ3n) is 3.08. The van der Waals surface area contributed by atoms with Crippen molar-refractivity contribution in [3.8, 4) is 0 Å². The molecule has 0 atom stereocenters. The van der Waals surface area contributed by atoms with Crippen LogP contribution < -0.4 is 10.2 Å². The topological polar surface area (TPSA) is 53.9 Å². The first-order valence-electron chi connectivity index (χ1n) is 6.61. The zero-order valence-electron chi connectivity index (χ0n) is 11.9. The van der Waals surface area contributed by atoms with Crippen molar-refractivity contribution in [1.29, 1.82) is 0 Å².